The minimum Gasteiger partial charge on any atom is -0.394 e. The van der Waals surface area contributed by atoms with Gasteiger partial charge in [-0.3, -0.25) is 4.21 Å². The molecule has 5 nitrogen and oxygen atoms in total. The van der Waals surface area contributed by atoms with Crippen molar-refractivity contribution in [3.8, 4) is 0 Å². The minimum absolute atomic E-state index is 0.119. The van der Waals surface area contributed by atoms with E-state index in [1.54, 1.807) is 13.0 Å². The van der Waals surface area contributed by atoms with Crippen LogP contribution >= 0.6 is 0 Å². The van der Waals surface area contributed by atoms with Crippen LogP contribution < -0.4 is 10.6 Å². The van der Waals surface area contributed by atoms with Gasteiger partial charge in [-0.15, -0.1) is 0 Å². The first-order chi connectivity index (χ1) is 11.6. The molecular formula is C18H22N2O3S. The number of rotatable bonds is 7. The molecule has 0 radical (unpaired) electrons. The Hall–Kier alpha value is -2.18. The predicted octanol–water partition coefficient (Wildman–Crippen LogP) is 2.64. The molecule has 0 aliphatic rings. The third-order valence-corrected chi connectivity index (χ3v) is 4.64. The second-order valence-corrected chi connectivity index (χ2v) is 7.05. The van der Waals surface area contributed by atoms with Crippen molar-refractivity contribution in [1.29, 1.82) is 0 Å². The molecular weight excluding hydrogens is 324 g/mol. The van der Waals surface area contributed by atoms with Crippen LogP contribution in [0.2, 0.25) is 0 Å². The Labute approximate surface area is 144 Å². The van der Waals surface area contributed by atoms with Gasteiger partial charge in [0.15, 0.2) is 0 Å². The maximum Gasteiger partial charge on any atom is 0.319 e. The van der Waals surface area contributed by atoms with E-state index in [-0.39, 0.29) is 18.7 Å². The van der Waals surface area contributed by atoms with E-state index in [1.165, 1.54) is 0 Å². The van der Waals surface area contributed by atoms with Gasteiger partial charge < -0.3 is 15.7 Å². The summed E-state index contributed by atoms with van der Waals surface area (Å²) in [6.07, 6.45) is 0. The second kappa shape index (κ2) is 9.20. The van der Waals surface area contributed by atoms with E-state index in [0.29, 0.717) is 17.2 Å². The van der Waals surface area contributed by atoms with Gasteiger partial charge >= 0.3 is 6.03 Å². The lowest BCUT2D eigenvalue weighted by Gasteiger charge is -2.12. The molecule has 2 aromatic carbocycles. The first kappa shape index (κ1) is 18.2. The van der Waals surface area contributed by atoms with Crippen molar-refractivity contribution in [3.05, 3.63) is 65.7 Å². The number of amides is 2. The van der Waals surface area contributed by atoms with Crippen LogP contribution in [-0.2, 0) is 22.3 Å². The van der Waals surface area contributed by atoms with E-state index in [9.17, 15) is 9.00 Å². The minimum atomic E-state index is -1.01. The van der Waals surface area contributed by atoms with Crippen LogP contribution in [0.25, 0.3) is 0 Å². The largest absolute Gasteiger partial charge is 0.394 e. The third-order valence-electron chi connectivity index (χ3n) is 3.33. The summed E-state index contributed by atoms with van der Waals surface area (Å²) in [7, 11) is -1.01. The molecule has 0 unspecified atom stereocenters. The van der Waals surface area contributed by atoms with E-state index in [0.717, 1.165) is 11.1 Å². The number of carbonyl (C=O) groups is 1. The van der Waals surface area contributed by atoms with Gasteiger partial charge in [-0.25, -0.2) is 4.79 Å². The number of urea groups is 1. The second-order valence-electron chi connectivity index (χ2n) is 5.60. The number of aliphatic hydroxyl groups excluding tert-OH is 1. The van der Waals surface area contributed by atoms with Crippen molar-refractivity contribution in [3.63, 3.8) is 0 Å². The lowest BCUT2D eigenvalue weighted by atomic mass is 10.2. The lowest BCUT2D eigenvalue weighted by Crippen LogP contribution is -2.38. The van der Waals surface area contributed by atoms with Crippen molar-refractivity contribution in [1.82, 2.24) is 5.32 Å². The predicted molar refractivity (Wildman–Crippen MR) is 97.1 cm³/mol. The van der Waals surface area contributed by atoms with Crippen molar-refractivity contribution >= 4 is 22.5 Å². The summed E-state index contributed by atoms with van der Waals surface area (Å²) in [5.74, 6) is 0.937. The Morgan fingerprint density at radius 1 is 1.08 bits per heavy atom. The maximum absolute atomic E-state index is 12.3. The van der Waals surface area contributed by atoms with Gasteiger partial charge in [0.25, 0.3) is 0 Å². The Bertz CT molecular complexity index is 692. The highest BCUT2D eigenvalue weighted by atomic mass is 32.2. The fourth-order valence-corrected chi connectivity index (χ4v) is 3.39. The number of carbonyl (C=O) groups excluding carboxylic acids is 1. The molecule has 2 amide bonds. The van der Waals surface area contributed by atoms with Crippen LogP contribution in [0.3, 0.4) is 0 Å². The summed E-state index contributed by atoms with van der Waals surface area (Å²) in [6.45, 7) is 1.59. The van der Waals surface area contributed by atoms with Crippen molar-refractivity contribution < 1.29 is 14.1 Å². The summed E-state index contributed by atoms with van der Waals surface area (Å²) in [6, 6.07) is 16.3. The van der Waals surface area contributed by atoms with Crippen molar-refractivity contribution in [2.24, 2.45) is 0 Å². The highest BCUT2D eigenvalue weighted by Gasteiger charge is 2.08. The molecule has 0 heterocycles. The van der Waals surface area contributed by atoms with Crippen LogP contribution in [-0.4, -0.2) is 28.0 Å². The van der Waals surface area contributed by atoms with Gasteiger partial charge in [-0.1, -0.05) is 42.5 Å². The Kier molecular flexibility index (Phi) is 6.96. The Balaban J connectivity index is 1.92. The lowest BCUT2D eigenvalue weighted by molar-refractivity contribution is 0.229. The zero-order chi connectivity index (χ0) is 17.4. The monoisotopic (exact) mass is 346 g/mol. The van der Waals surface area contributed by atoms with E-state index < -0.39 is 10.8 Å². The number of nitrogens with one attached hydrogen (secondary N) is 2. The molecule has 0 spiro atoms. The molecule has 2 aromatic rings. The summed E-state index contributed by atoms with van der Waals surface area (Å²) in [4.78, 5) is 11.8. The number of aliphatic hydroxyl groups is 1. The molecule has 3 N–H and O–H groups in total. The van der Waals surface area contributed by atoms with Crippen molar-refractivity contribution in [2.45, 2.75) is 24.5 Å². The van der Waals surface area contributed by atoms with Gasteiger partial charge in [0, 0.05) is 28.0 Å². The number of benzene rings is 2. The van der Waals surface area contributed by atoms with Crippen LogP contribution in [0.4, 0.5) is 10.5 Å². The van der Waals surface area contributed by atoms with Crippen LogP contribution in [0, 0.1) is 0 Å². The fraction of sp³-hybridized carbons (Fsp3) is 0.278. The Morgan fingerprint density at radius 2 is 1.75 bits per heavy atom. The normalized spacial score (nSPS) is 13.1. The molecule has 0 saturated heterocycles. The molecule has 2 atom stereocenters. The van der Waals surface area contributed by atoms with Gasteiger partial charge in [-0.2, -0.15) is 0 Å². The molecule has 0 saturated carbocycles. The average Bonchev–Trinajstić information content (AvgIpc) is 2.55. The Morgan fingerprint density at radius 3 is 2.46 bits per heavy atom. The molecule has 6 heteroatoms. The highest BCUT2D eigenvalue weighted by molar-refractivity contribution is 7.83. The molecule has 0 aliphatic heterocycles. The SMILES string of the molecule is C[C@H](CO)NC(=O)Nc1cccc(C[S@](=O)Cc2ccccc2)c1. The van der Waals surface area contributed by atoms with Gasteiger partial charge in [0.1, 0.15) is 0 Å². The summed E-state index contributed by atoms with van der Waals surface area (Å²) in [5.41, 5.74) is 2.58. The summed E-state index contributed by atoms with van der Waals surface area (Å²) in [5, 5.41) is 14.3. The summed E-state index contributed by atoms with van der Waals surface area (Å²) >= 11 is 0. The molecule has 0 aliphatic carbocycles. The van der Waals surface area contributed by atoms with E-state index in [2.05, 4.69) is 10.6 Å². The molecule has 0 aromatic heterocycles. The van der Waals surface area contributed by atoms with Crippen LogP contribution in [0.5, 0.6) is 0 Å². The van der Waals surface area contributed by atoms with Crippen LogP contribution in [0.1, 0.15) is 18.1 Å². The molecule has 24 heavy (non-hydrogen) atoms. The van der Waals surface area contributed by atoms with Gasteiger partial charge in [-0.05, 0) is 30.2 Å². The first-order valence-corrected chi connectivity index (χ1v) is 9.22. The number of hydrogen-bond donors (Lipinski definition) is 3. The number of anilines is 1. The summed E-state index contributed by atoms with van der Waals surface area (Å²) < 4.78 is 12.3. The van der Waals surface area contributed by atoms with E-state index >= 15 is 0 Å². The average molecular weight is 346 g/mol. The third kappa shape index (κ3) is 6.14. The zero-order valence-electron chi connectivity index (χ0n) is 13.6. The zero-order valence-corrected chi connectivity index (χ0v) is 14.4. The first-order valence-electron chi connectivity index (χ1n) is 7.73. The van der Waals surface area contributed by atoms with Gasteiger partial charge in [0.05, 0.1) is 12.6 Å². The van der Waals surface area contributed by atoms with E-state index in [1.807, 2.05) is 48.5 Å². The molecule has 2 rings (SSSR count). The molecule has 128 valence electrons. The quantitative estimate of drug-likeness (QED) is 0.721. The van der Waals surface area contributed by atoms with Crippen LogP contribution in [0.15, 0.2) is 54.6 Å². The standard InChI is InChI=1S/C18H22N2O3S/c1-14(11-21)19-18(22)20-17-9-5-8-16(10-17)13-24(23)12-15-6-3-2-4-7-15/h2-10,14,21H,11-13H2,1H3,(H2,19,20,22)/t14-,24-/m1/s1. The maximum atomic E-state index is 12.3. The molecule has 0 bridgehead atoms. The smallest absolute Gasteiger partial charge is 0.319 e. The topological polar surface area (TPSA) is 78.4 Å². The molecule has 0 fully saturated rings. The van der Waals surface area contributed by atoms with Crippen molar-refractivity contribution in [2.75, 3.05) is 11.9 Å². The van der Waals surface area contributed by atoms with E-state index in [4.69, 9.17) is 5.11 Å². The number of hydrogen-bond acceptors (Lipinski definition) is 3. The fourth-order valence-electron chi connectivity index (χ4n) is 2.17. The van der Waals surface area contributed by atoms with Gasteiger partial charge in [0.2, 0.25) is 0 Å². The highest BCUT2D eigenvalue weighted by Crippen LogP contribution is 2.14.